The maximum absolute atomic E-state index is 13.4. The third-order valence-corrected chi connectivity index (χ3v) is 6.64. The number of carboxylic acid groups (broad SMARTS) is 1. The van der Waals surface area contributed by atoms with Gasteiger partial charge in [-0.2, -0.15) is 11.8 Å². The monoisotopic (exact) mass is 521 g/mol. The maximum atomic E-state index is 13.4. The predicted molar refractivity (Wildman–Crippen MR) is 136 cm³/mol. The molecule has 0 bridgehead atoms. The van der Waals surface area contributed by atoms with Crippen molar-refractivity contribution in [2.45, 2.75) is 62.7 Å². The van der Waals surface area contributed by atoms with Crippen LogP contribution >= 0.6 is 11.8 Å². The van der Waals surface area contributed by atoms with Crippen LogP contribution in [0.25, 0.3) is 0 Å². The molecular weight excluding hydrogens is 486 g/mol. The molecule has 1 aromatic carbocycles. The first kappa shape index (κ1) is 29.1. The molecule has 0 aromatic heterocycles. The summed E-state index contributed by atoms with van der Waals surface area (Å²) in [5, 5.41) is 14.8. The van der Waals surface area contributed by atoms with Crippen molar-refractivity contribution in [3.63, 3.8) is 0 Å². The fourth-order valence-electron chi connectivity index (χ4n) is 4.02. The number of carboxylic acids is 1. The molecule has 12 heteroatoms. The van der Waals surface area contributed by atoms with Crippen molar-refractivity contribution in [2.24, 2.45) is 11.5 Å². The molecule has 4 unspecified atom stereocenters. The minimum Gasteiger partial charge on any atom is -0.480 e. The second kappa shape index (κ2) is 14.4. The number of nitrogens with one attached hydrogen (secondary N) is 2. The highest BCUT2D eigenvalue weighted by molar-refractivity contribution is 7.98. The molecule has 1 saturated heterocycles. The summed E-state index contributed by atoms with van der Waals surface area (Å²) in [7, 11) is 0. The number of likely N-dealkylation sites (tertiary alicyclic amines) is 1. The lowest BCUT2D eigenvalue weighted by molar-refractivity contribution is -0.149. The fraction of sp³-hybridized carbons (Fsp3) is 0.542. The van der Waals surface area contributed by atoms with Crippen LogP contribution in [0.2, 0.25) is 0 Å². The molecule has 7 N–H and O–H groups in total. The third-order valence-electron chi connectivity index (χ3n) is 6.00. The Hall–Kier alpha value is -3.12. The average molecular weight is 522 g/mol. The minimum absolute atomic E-state index is 0.0735. The van der Waals surface area contributed by atoms with E-state index in [1.54, 1.807) is 24.3 Å². The van der Waals surface area contributed by atoms with Crippen molar-refractivity contribution in [1.29, 1.82) is 0 Å². The molecule has 2 rings (SSSR count). The summed E-state index contributed by atoms with van der Waals surface area (Å²) in [4.78, 5) is 63.5. The van der Waals surface area contributed by atoms with Gasteiger partial charge in [-0.15, -0.1) is 0 Å². The third kappa shape index (κ3) is 8.83. The van der Waals surface area contributed by atoms with Crippen LogP contribution in [-0.4, -0.2) is 82.3 Å². The summed E-state index contributed by atoms with van der Waals surface area (Å²) in [5.74, 6) is -2.84. The van der Waals surface area contributed by atoms with Crippen molar-refractivity contribution in [1.82, 2.24) is 15.5 Å². The van der Waals surface area contributed by atoms with E-state index < -0.39 is 53.8 Å². The van der Waals surface area contributed by atoms with Crippen LogP contribution in [0, 0.1) is 0 Å². The number of thioether (sulfide) groups is 1. The molecule has 0 saturated carbocycles. The summed E-state index contributed by atoms with van der Waals surface area (Å²) in [6, 6.07) is 4.96. The number of nitrogens with zero attached hydrogens (tertiary/aromatic N) is 1. The zero-order valence-corrected chi connectivity index (χ0v) is 21.2. The maximum Gasteiger partial charge on any atom is 0.326 e. The van der Waals surface area contributed by atoms with Gasteiger partial charge in [0, 0.05) is 19.4 Å². The zero-order chi connectivity index (χ0) is 26.7. The molecule has 0 radical (unpaired) electrons. The molecule has 1 fully saturated rings. The molecule has 1 aliphatic rings. The molecule has 198 valence electrons. The van der Waals surface area contributed by atoms with Gasteiger partial charge in [-0.25, -0.2) is 4.79 Å². The molecule has 4 amide bonds. The van der Waals surface area contributed by atoms with Crippen molar-refractivity contribution in [3.8, 4) is 0 Å². The van der Waals surface area contributed by atoms with Gasteiger partial charge >= 0.3 is 5.97 Å². The van der Waals surface area contributed by atoms with Gasteiger partial charge in [-0.3, -0.25) is 19.2 Å². The van der Waals surface area contributed by atoms with Gasteiger partial charge in [-0.05, 0) is 43.3 Å². The lowest BCUT2D eigenvalue weighted by atomic mass is 10.0. The highest BCUT2D eigenvalue weighted by Crippen LogP contribution is 2.20. The van der Waals surface area contributed by atoms with Crippen LogP contribution < -0.4 is 22.1 Å². The lowest BCUT2D eigenvalue weighted by Crippen LogP contribution is -2.57. The smallest absolute Gasteiger partial charge is 0.326 e. The topological polar surface area (TPSA) is 185 Å². The highest BCUT2D eigenvalue weighted by Gasteiger charge is 2.38. The molecule has 11 nitrogen and oxygen atoms in total. The van der Waals surface area contributed by atoms with Gasteiger partial charge in [0.05, 0.1) is 6.04 Å². The number of primary amides is 1. The zero-order valence-electron chi connectivity index (χ0n) is 20.4. The number of amides is 4. The molecule has 1 aromatic rings. The van der Waals surface area contributed by atoms with Gasteiger partial charge in [0.2, 0.25) is 23.6 Å². The van der Waals surface area contributed by atoms with Gasteiger partial charge in [0.15, 0.2) is 0 Å². The highest BCUT2D eigenvalue weighted by atomic mass is 32.2. The first-order valence-corrected chi connectivity index (χ1v) is 13.2. The van der Waals surface area contributed by atoms with Gasteiger partial charge in [0.1, 0.15) is 18.1 Å². The molecule has 1 aliphatic heterocycles. The number of hydrogen-bond acceptors (Lipinski definition) is 7. The van der Waals surface area contributed by atoms with E-state index in [4.69, 9.17) is 11.5 Å². The molecule has 1 heterocycles. The molecule has 0 aliphatic carbocycles. The number of aliphatic carboxylic acids is 1. The molecule has 36 heavy (non-hydrogen) atoms. The van der Waals surface area contributed by atoms with Gasteiger partial charge in [-0.1, -0.05) is 30.3 Å². The first-order valence-electron chi connectivity index (χ1n) is 11.8. The Kier molecular flexibility index (Phi) is 11.7. The van der Waals surface area contributed by atoms with E-state index >= 15 is 0 Å². The summed E-state index contributed by atoms with van der Waals surface area (Å²) < 4.78 is 0. The van der Waals surface area contributed by atoms with E-state index in [2.05, 4.69) is 10.6 Å². The van der Waals surface area contributed by atoms with Crippen molar-refractivity contribution in [3.05, 3.63) is 35.9 Å². The summed E-state index contributed by atoms with van der Waals surface area (Å²) >= 11 is 1.53. The second-order valence-electron chi connectivity index (χ2n) is 8.73. The largest absolute Gasteiger partial charge is 0.480 e. The van der Waals surface area contributed by atoms with Crippen molar-refractivity contribution < 1.29 is 29.1 Å². The fourth-order valence-corrected chi connectivity index (χ4v) is 4.51. The number of benzene rings is 1. The first-order chi connectivity index (χ1) is 17.1. The molecule has 0 spiro atoms. The number of rotatable bonds is 14. The van der Waals surface area contributed by atoms with Gasteiger partial charge < -0.3 is 32.1 Å². The van der Waals surface area contributed by atoms with E-state index in [1.807, 2.05) is 12.3 Å². The SMILES string of the molecule is CSCCC(N)C(=O)NC(CCC(N)=O)C(=O)NC(Cc1ccccc1)C(=O)N1CCCC1C(=O)O. The van der Waals surface area contributed by atoms with Crippen LogP contribution in [0.4, 0.5) is 0 Å². The van der Waals surface area contributed by atoms with Crippen molar-refractivity contribution in [2.75, 3.05) is 18.6 Å². The predicted octanol–water partition coefficient (Wildman–Crippen LogP) is -0.380. The normalized spacial score (nSPS) is 17.6. The number of nitrogens with two attached hydrogens (primary N) is 2. The van der Waals surface area contributed by atoms with E-state index in [9.17, 15) is 29.1 Å². The number of carbonyl (C=O) groups excluding carboxylic acids is 4. The van der Waals surface area contributed by atoms with E-state index in [0.717, 1.165) is 5.56 Å². The van der Waals surface area contributed by atoms with Gasteiger partial charge in [0.25, 0.3) is 0 Å². The molecule has 4 atom stereocenters. The minimum atomic E-state index is -1.15. The van der Waals surface area contributed by atoms with Crippen LogP contribution in [0.3, 0.4) is 0 Å². The summed E-state index contributed by atoms with van der Waals surface area (Å²) in [5.41, 5.74) is 11.9. The Morgan fingerprint density at radius 3 is 2.36 bits per heavy atom. The average Bonchev–Trinajstić information content (AvgIpc) is 3.35. The Bertz CT molecular complexity index is 931. The standard InChI is InChI=1S/C24H35N5O6S/c1-36-13-11-16(25)21(31)27-17(9-10-20(26)30)22(32)28-18(14-15-6-3-2-4-7-15)23(33)29-12-5-8-19(29)24(34)35/h2-4,6-7,16-19H,5,8-14,25H2,1H3,(H2,26,30)(H,27,31)(H,28,32)(H,34,35). The number of hydrogen-bond donors (Lipinski definition) is 5. The Morgan fingerprint density at radius 1 is 1.08 bits per heavy atom. The number of carbonyl (C=O) groups is 5. The van der Waals surface area contributed by atoms with E-state index in [0.29, 0.717) is 25.0 Å². The van der Waals surface area contributed by atoms with Crippen LogP contribution in [0.1, 0.15) is 37.7 Å². The molecular formula is C24H35N5O6S. The van der Waals surface area contributed by atoms with Crippen molar-refractivity contribution >= 4 is 41.4 Å². The lowest BCUT2D eigenvalue weighted by Gasteiger charge is -2.29. The van der Waals surface area contributed by atoms with Crippen LogP contribution in [0.5, 0.6) is 0 Å². The Balaban J connectivity index is 2.23. The van der Waals surface area contributed by atoms with E-state index in [-0.39, 0.29) is 25.8 Å². The summed E-state index contributed by atoms with van der Waals surface area (Å²) in [6.07, 6.45) is 3.04. The quantitative estimate of drug-likeness (QED) is 0.219. The van der Waals surface area contributed by atoms with Crippen LogP contribution in [0.15, 0.2) is 30.3 Å². The second-order valence-corrected chi connectivity index (χ2v) is 9.72. The Labute approximate surface area is 214 Å². The Morgan fingerprint density at radius 2 is 1.75 bits per heavy atom. The van der Waals surface area contributed by atoms with E-state index in [1.165, 1.54) is 16.7 Å². The van der Waals surface area contributed by atoms with Crippen LogP contribution in [-0.2, 0) is 30.4 Å². The summed E-state index contributed by atoms with van der Waals surface area (Å²) in [6.45, 7) is 0.267.